The van der Waals surface area contributed by atoms with Crippen molar-refractivity contribution in [1.82, 2.24) is 10.6 Å². The summed E-state index contributed by atoms with van der Waals surface area (Å²) in [6, 6.07) is 3.57. The fourth-order valence-corrected chi connectivity index (χ4v) is 2.82. The van der Waals surface area contributed by atoms with Crippen molar-refractivity contribution in [2.24, 2.45) is 0 Å². The number of nitrogens with one attached hydrogen (secondary N) is 2. The van der Waals surface area contributed by atoms with Gasteiger partial charge in [0.1, 0.15) is 5.82 Å². The van der Waals surface area contributed by atoms with Crippen molar-refractivity contribution in [2.75, 3.05) is 13.1 Å². The van der Waals surface area contributed by atoms with E-state index in [1.165, 1.54) is 6.07 Å². The predicted molar refractivity (Wildman–Crippen MR) is 62.6 cm³/mol. The van der Waals surface area contributed by atoms with Gasteiger partial charge in [-0.25, -0.2) is 4.39 Å². The quantitative estimate of drug-likeness (QED) is 0.766. The minimum atomic E-state index is -0.387. The Morgan fingerprint density at radius 1 is 1.41 bits per heavy atom. The molecule has 2 aliphatic heterocycles. The van der Waals surface area contributed by atoms with Crippen LogP contribution in [0.25, 0.3) is 0 Å². The summed E-state index contributed by atoms with van der Waals surface area (Å²) in [5.74, 6) is -0.448. The highest BCUT2D eigenvalue weighted by atomic mass is 19.1. The molecule has 0 radical (unpaired) electrons. The fraction of sp³-hybridized carbons (Fsp3) is 0.462. The van der Waals surface area contributed by atoms with Crippen LogP contribution in [0.15, 0.2) is 12.1 Å². The van der Waals surface area contributed by atoms with Crippen LogP contribution < -0.4 is 10.6 Å². The van der Waals surface area contributed by atoms with Crippen molar-refractivity contribution in [1.29, 1.82) is 0 Å². The van der Waals surface area contributed by atoms with Crippen molar-refractivity contribution in [3.8, 4) is 0 Å². The molecule has 3 rings (SSSR count). The molecule has 2 atom stereocenters. The molecule has 3 nitrogen and oxygen atoms in total. The molecule has 0 saturated carbocycles. The Morgan fingerprint density at radius 3 is 3.00 bits per heavy atom. The molecule has 2 heterocycles. The third-order valence-corrected chi connectivity index (χ3v) is 3.75. The number of carbonyl (C=O) groups excluding carboxylic acids is 1. The van der Waals surface area contributed by atoms with Gasteiger partial charge in [-0.3, -0.25) is 4.79 Å². The number of amides is 1. The Morgan fingerprint density at radius 2 is 2.24 bits per heavy atom. The number of halogens is 1. The Labute approximate surface area is 99.4 Å². The lowest BCUT2D eigenvalue weighted by atomic mass is 9.85. The van der Waals surface area contributed by atoms with E-state index in [1.54, 1.807) is 0 Å². The van der Waals surface area contributed by atoms with Gasteiger partial charge in [-0.05, 0) is 23.6 Å². The Balaban J connectivity index is 2.17. The number of hydrogen-bond acceptors (Lipinski definition) is 2. The average molecular weight is 234 g/mol. The molecular weight excluding hydrogens is 219 g/mol. The van der Waals surface area contributed by atoms with Gasteiger partial charge in [-0.15, -0.1) is 0 Å². The number of carbonyl (C=O) groups is 1. The third kappa shape index (κ3) is 1.55. The van der Waals surface area contributed by atoms with Gasteiger partial charge in [-0.2, -0.15) is 0 Å². The smallest absolute Gasteiger partial charge is 0.254 e. The Hall–Kier alpha value is -1.42. The molecule has 0 spiro atoms. The monoisotopic (exact) mass is 234 g/mol. The van der Waals surface area contributed by atoms with E-state index >= 15 is 0 Å². The predicted octanol–water partition coefficient (Wildman–Crippen LogP) is 1.19. The summed E-state index contributed by atoms with van der Waals surface area (Å²) in [7, 11) is 0. The van der Waals surface area contributed by atoms with Gasteiger partial charge in [0.05, 0.1) is 5.56 Å². The van der Waals surface area contributed by atoms with Crippen LogP contribution in [0.3, 0.4) is 0 Å². The van der Waals surface area contributed by atoms with E-state index in [0.29, 0.717) is 0 Å². The number of rotatable bonds is 1. The second-order valence-corrected chi connectivity index (χ2v) is 4.74. The molecular formula is C13H15FN2O. The Bertz CT molecular complexity index is 487. The topological polar surface area (TPSA) is 41.1 Å². The number of fused-ring (bicyclic) bond motifs is 3. The second-order valence-electron chi connectivity index (χ2n) is 4.74. The van der Waals surface area contributed by atoms with E-state index in [1.807, 2.05) is 13.0 Å². The highest BCUT2D eigenvalue weighted by Gasteiger charge is 2.38. The minimum absolute atomic E-state index is 0.113. The van der Waals surface area contributed by atoms with Gasteiger partial charge in [-0.1, -0.05) is 13.0 Å². The van der Waals surface area contributed by atoms with Crippen molar-refractivity contribution >= 4 is 5.91 Å². The van der Waals surface area contributed by atoms with Crippen molar-refractivity contribution < 1.29 is 9.18 Å². The maximum atomic E-state index is 13.9. The Kier molecular flexibility index (Phi) is 2.40. The van der Waals surface area contributed by atoms with Crippen LogP contribution in [0.5, 0.6) is 0 Å². The summed E-state index contributed by atoms with van der Waals surface area (Å²) >= 11 is 0. The molecule has 90 valence electrons. The molecule has 0 aromatic heterocycles. The van der Waals surface area contributed by atoms with E-state index < -0.39 is 0 Å². The second kappa shape index (κ2) is 3.81. The van der Waals surface area contributed by atoms with E-state index in [-0.39, 0.29) is 29.2 Å². The molecule has 1 fully saturated rings. The molecule has 1 aromatic rings. The van der Waals surface area contributed by atoms with Gasteiger partial charge in [0.25, 0.3) is 5.91 Å². The lowest BCUT2D eigenvalue weighted by molar-refractivity contribution is 0.0919. The SMILES string of the molecule is CCc1cc(F)c2c(c1)C1CNCC1NC2=O. The van der Waals surface area contributed by atoms with Crippen LogP contribution >= 0.6 is 0 Å². The zero-order valence-corrected chi connectivity index (χ0v) is 9.72. The van der Waals surface area contributed by atoms with Crippen LogP contribution in [0.1, 0.15) is 34.3 Å². The van der Waals surface area contributed by atoms with Crippen molar-refractivity contribution in [2.45, 2.75) is 25.3 Å². The van der Waals surface area contributed by atoms with Crippen LogP contribution in [-0.4, -0.2) is 25.0 Å². The zero-order valence-electron chi connectivity index (χ0n) is 9.72. The first-order valence-electron chi connectivity index (χ1n) is 6.04. The summed E-state index contributed by atoms with van der Waals surface area (Å²) in [4.78, 5) is 11.9. The maximum absolute atomic E-state index is 13.9. The maximum Gasteiger partial charge on any atom is 0.254 e. The molecule has 4 heteroatoms. The van der Waals surface area contributed by atoms with Gasteiger partial charge >= 0.3 is 0 Å². The molecule has 2 N–H and O–H groups in total. The van der Waals surface area contributed by atoms with Gasteiger partial charge in [0, 0.05) is 25.0 Å². The van der Waals surface area contributed by atoms with E-state index in [4.69, 9.17) is 0 Å². The number of aryl methyl sites for hydroxylation is 1. The lowest BCUT2D eigenvalue weighted by Gasteiger charge is -2.28. The average Bonchev–Trinajstić information content (AvgIpc) is 2.76. The minimum Gasteiger partial charge on any atom is -0.347 e. The molecule has 1 saturated heterocycles. The van der Waals surface area contributed by atoms with Crippen LogP contribution in [0, 0.1) is 5.82 Å². The fourth-order valence-electron chi connectivity index (χ4n) is 2.82. The van der Waals surface area contributed by atoms with E-state index in [0.717, 1.165) is 30.6 Å². The molecule has 1 amide bonds. The van der Waals surface area contributed by atoms with Crippen molar-refractivity contribution in [3.05, 3.63) is 34.6 Å². The third-order valence-electron chi connectivity index (χ3n) is 3.75. The molecule has 0 bridgehead atoms. The van der Waals surface area contributed by atoms with E-state index in [2.05, 4.69) is 10.6 Å². The lowest BCUT2D eigenvalue weighted by Crippen LogP contribution is -2.44. The summed E-state index contributed by atoms with van der Waals surface area (Å²) in [6.07, 6.45) is 0.788. The largest absolute Gasteiger partial charge is 0.347 e. The molecule has 2 unspecified atom stereocenters. The first kappa shape index (κ1) is 10.7. The number of benzene rings is 1. The number of hydrogen-bond donors (Lipinski definition) is 2. The summed E-state index contributed by atoms with van der Waals surface area (Å²) in [6.45, 7) is 3.58. The van der Waals surface area contributed by atoms with Crippen LogP contribution in [-0.2, 0) is 6.42 Å². The zero-order chi connectivity index (χ0) is 12.0. The highest BCUT2D eigenvalue weighted by molar-refractivity contribution is 5.98. The molecule has 17 heavy (non-hydrogen) atoms. The van der Waals surface area contributed by atoms with E-state index in [9.17, 15) is 9.18 Å². The highest BCUT2D eigenvalue weighted by Crippen LogP contribution is 2.32. The van der Waals surface area contributed by atoms with Crippen LogP contribution in [0.2, 0.25) is 0 Å². The molecule has 0 aliphatic carbocycles. The van der Waals surface area contributed by atoms with Gasteiger partial charge in [0.2, 0.25) is 0 Å². The molecule has 1 aromatic carbocycles. The molecule has 2 aliphatic rings. The summed E-state index contributed by atoms with van der Waals surface area (Å²) in [5.41, 5.74) is 2.08. The van der Waals surface area contributed by atoms with Gasteiger partial charge < -0.3 is 10.6 Å². The standard InChI is InChI=1S/C13H15FN2O/c1-2-7-3-8-9-5-15-6-11(9)16-13(17)12(8)10(14)4-7/h3-4,9,11,15H,2,5-6H2,1H3,(H,16,17). The van der Waals surface area contributed by atoms with Gasteiger partial charge in [0.15, 0.2) is 0 Å². The summed E-state index contributed by atoms with van der Waals surface area (Å²) < 4.78 is 13.9. The first-order chi connectivity index (χ1) is 8.20. The summed E-state index contributed by atoms with van der Waals surface area (Å²) in [5, 5.41) is 6.12. The van der Waals surface area contributed by atoms with Crippen LogP contribution in [0.4, 0.5) is 4.39 Å². The first-order valence-corrected chi connectivity index (χ1v) is 6.04. The normalized spacial score (nSPS) is 26.4. The van der Waals surface area contributed by atoms with Crippen molar-refractivity contribution in [3.63, 3.8) is 0 Å².